The highest BCUT2D eigenvalue weighted by Crippen LogP contribution is 2.37. The number of hydrogen-bond acceptors (Lipinski definition) is 3. The van der Waals surface area contributed by atoms with Gasteiger partial charge >= 0.3 is 0 Å². The molecule has 3 rings (SSSR count). The molecule has 2 aromatic rings. The zero-order valence-corrected chi connectivity index (χ0v) is 12.5. The van der Waals surface area contributed by atoms with Crippen molar-refractivity contribution < 1.29 is 4.74 Å². The fraction of sp³-hybridized carbons (Fsp3) is 0.333. The van der Waals surface area contributed by atoms with E-state index in [0.29, 0.717) is 6.61 Å². The van der Waals surface area contributed by atoms with Gasteiger partial charge in [-0.1, -0.05) is 42.5 Å². The first-order chi connectivity index (χ1) is 10.2. The second-order valence-electron chi connectivity index (χ2n) is 5.71. The summed E-state index contributed by atoms with van der Waals surface area (Å²) in [5, 5.41) is 0. The minimum absolute atomic E-state index is 0.165. The summed E-state index contributed by atoms with van der Waals surface area (Å²) >= 11 is 0. The summed E-state index contributed by atoms with van der Waals surface area (Å²) in [6.07, 6.45) is 1.07. The van der Waals surface area contributed by atoms with Gasteiger partial charge in [0.25, 0.3) is 0 Å². The Morgan fingerprint density at radius 1 is 1.14 bits per heavy atom. The van der Waals surface area contributed by atoms with Crippen LogP contribution in [0.15, 0.2) is 48.5 Å². The topological polar surface area (TPSA) is 38.5 Å². The molecule has 0 saturated carbocycles. The largest absolute Gasteiger partial charge is 0.487 e. The van der Waals surface area contributed by atoms with Gasteiger partial charge in [0.05, 0.1) is 5.69 Å². The van der Waals surface area contributed by atoms with Crippen LogP contribution >= 0.6 is 0 Å². The van der Waals surface area contributed by atoms with Crippen LogP contribution < -0.4 is 15.4 Å². The van der Waals surface area contributed by atoms with Crippen molar-refractivity contribution in [2.24, 2.45) is 5.73 Å². The Hall–Kier alpha value is -2.00. The molecule has 1 aliphatic heterocycles. The van der Waals surface area contributed by atoms with E-state index in [9.17, 15) is 0 Å². The third-order valence-electron chi connectivity index (χ3n) is 3.80. The van der Waals surface area contributed by atoms with Crippen molar-refractivity contribution in [1.82, 2.24) is 0 Å². The van der Waals surface area contributed by atoms with E-state index in [1.807, 2.05) is 25.1 Å². The van der Waals surface area contributed by atoms with Crippen LogP contribution in [0.1, 0.15) is 18.1 Å². The standard InChI is InChI=1S/C18H22N2O/c1-14(19)12-20-11-10-16-8-5-9-17(18(16)20)21-13-15-6-3-2-4-7-15/h2-9,14H,10-13,19H2,1H3/t14-/m0/s1. The Balaban J connectivity index is 1.79. The lowest BCUT2D eigenvalue weighted by Crippen LogP contribution is -2.34. The van der Waals surface area contributed by atoms with Crippen molar-refractivity contribution in [2.75, 3.05) is 18.0 Å². The second kappa shape index (κ2) is 6.19. The first kappa shape index (κ1) is 14.0. The molecule has 0 amide bonds. The first-order valence-electron chi connectivity index (χ1n) is 7.53. The number of ether oxygens (including phenoxy) is 1. The molecule has 3 heteroatoms. The normalized spacial score (nSPS) is 14.9. The van der Waals surface area contributed by atoms with Crippen LogP contribution in [0.3, 0.4) is 0 Å². The molecule has 110 valence electrons. The second-order valence-corrected chi connectivity index (χ2v) is 5.71. The molecule has 0 saturated heterocycles. The Bertz CT molecular complexity index is 595. The van der Waals surface area contributed by atoms with E-state index in [4.69, 9.17) is 10.5 Å². The lowest BCUT2D eigenvalue weighted by atomic mass is 10.1. The summed E-state index contributed by atoms with van der Waals surface area (Å²) in [6.45, 7) is 4.55. The molecule has 0 aromatic heterocycles. The number of rotatable bonds is 5. The Morgan fingerprint density at radius 2 is 1.95 bits per heavy atom. The lowest BCUT2D eigenvalue weighted by molar-refractivity contribution is 0.306. The van der Waals surface area contributed by atoms with Gasteiger partial charge in [0.15, 0.2) is 0 Å². The Morgan fingerprint density at radius 3 is 2.71 bits per heavy atom. The van der Waals surface area contributed by atoms with E-state index in [1.165, 1.54) is 16.8 Å². The van der Waals surface area contributed by atoms with Crippen molar-refractivity contribution >= 4 is 5.69 Å². The molecule has 3 nitrogen and oxygen atoms in total. The summed E-state index contributed by atoms with van der Waals surface area (Å²) in [5.41, 5.74) is 9.74. The quantitative estimate of drug-likeness (QED) is 0.916. The van der Waals surface area contributed by atoms with Gasteiger partial charge < -0.3 is 15.4 Å². The zero-order chi connectivity index (χ0) is 14.7. The van der Waals surface area contributed by atoms with Gasteiger partial charge in [-0.25, -0.2) is 0 Å². The molecular formula is C18H22N2O. The predicted molar refractivity (Wildman–Crippen MR) is 86.8 cm³/mol. The molecular weight excluding hydrogens is 260 g/mol. The van der Waals surface area contributed by atoms with Crippen LogP contribution in [0.2, 0.25) is 0 Å². The van der Waals surface area contributed by atoms with E-state index in [-0.39, 0.29) is 6.04 Å². The Labute approximate surface area is 126 Å². The number of para-hydroxylation sites is 1. The highest BCUT2D eigenvalue weighted by atomic mass is 16.5. The van der Waals surface area contributed by atoms with Crippen LogP contribution in [0.5, 0.6) is 5.75 Å². The smallest absolute Gasteiger partial charge is 0.143 e. The van der Waals surface area contributed by atoms with Crippen LogP contribution in [0, 0.1) is 0 Å². The molecule has 1 aliphatic rings. The number of hydrogen-bond donors (Lipinski definition) is 1. The lowest BCUT2D eigenvalue weighted by Gasteiger charge is -2.24. The fourth-order valence-corrected chi connectivity index (χ4v) is 2.88. The van der Waals surface area contributed by atoms with Crippen molar-refractivity contribution in [2.45, 2.75) is 26.0 Å². The highest BCUT2D eigenvalue weighted by Gasteiger charge is 2.23. The van der Waals surface area contributed by atoms with Crippen LogP contribution in [-0.2, 0) is 13.0 Å². The number of nitrogens with zero attached hydrogens (tertiary/aromatic N) is 1. The Kier molecular flexibility index (Phi) is 4.11. The molecule has 2 aromatic carbocycles. The monoisotopic (exact) mass is 282 g/mol. The van der Waals surface area contributed by atoms with Crippen molar-refractivity contribution in [3.05, 3.63) is 59.7 Å². The van der Waals surface area contributed by atoms with Gasteiger partial charge in [0, 0.05) is 19.1 Å². The SMILES string of the molecule is C[C@H](N)CN1CCc2cccc(OCc3ccccc3)c21. The average Bonchev–Trinajstić information content (AvgIpc) is 2.89. The number of nitrogens with two attached hydrogens (primary N) is 1. The molecule has 1 heterocycles. The first-order valence-corrected chi connectivity index (χ1v) is 7.53. The molecule has 0 spiro atoms. The maximum absolute atomic E-state index is 6.06. The molecule has 1 atom stereocenters. The van der Waals surface area contributed by atoms with Gasteiger partial charge in [-0.3, -0.25) is 0 Å². The van der Waals surface area contributed by atoms with Gasteiger partial charge in [-0.2, -0.15) is 0 Å². The van der Waals surface area contributed by atoms with Gasteiger partial charge in [0.2, 0.25) is 0 Å². The molecule has 0 unspecified atom stereocenters. The minimum atomic E-state index is 0.165. The summed E-state index contributed by atoms with van der Waals surface area (Å²) in [5.74, 6) is 0.967. The predicted octanol–water partition coefficient (Wildman–Crippen LogP) is 2.98. The molecule has 21 heavy (non-hydrogen) atoms. The third kappa shape index (κ3) is 3.19. The summed E-state index contributed by atoms with van der Waals surface area (Å²) in [7, 11) is 0. The molecule has 0 aliphatic carbocycles. The molecule has 0 bridgehead atoms. The molecule has 0 fully saturated rings. The van der Waals surface area contributed by atoms with Gasteiger partial charge in [0.1, 0.15) is 12.4 Å². The van der Waals surface area contributed by atoms with Gasteiger partial charge in [-0.05, 0) is 30.5 Å². The van der Waals surface area contributed by atoms with Crippen molar-refractivity contribution in [3.63, 3.8) is 0 Å². The van der Waals surface area contributed by atoms with E-state index >= 15 is 0 Å². The van der Waals surface area contributed by atoms with Gasteiger partial charge in [-0.15, -0.1) is 0 Å². The van der Waals surface area contributed by atoms with Crippen LogP contribution in [-0.4, -0.2) is 19.1 Å². The summed E-state index contributed by atoms with van der Waals surface area (Å²) < 4.78 is 6.06. The van der Waals surface area contributed by atoms with Crippen molar-refractivity contribution in [1.29, 1.82) is 0 Å². The van der Waals surface area contributed by atoms with Crippen molar-refractivity contribution in [3.8, 4) is 5.75 Å². The maximum atomic E-state index is 6.06. The maximum Gasteiger partial charge on any atom is 0.143 e. The fourth-order valence-electron chi connectivity index (χ4n) is 2.88. The number of fused-ring (bicyclic) bond motifs is 1. The van der Waals surface area contributed by atoms with Crippen LogP contribution in [0.25, 0.3) is 0 Å². The summed E-state index contributed by atoms with van der Waals surface area (Å²) in [4.78, 5) is 2.35. The third-order valence-corrected chi connectivity index (χ3v) is 3.80. The van der Waals surface area contributed by atoms with E-state index < -0.39 is 0 Å². The minimum Gasteiger partial charge on any atom is -0.487 e. The average molecular weight is 282 g/mol. The van der Waals surface area contributed by atoms with E-state index in [0.717, 1.165) is 25.3 Å². The molecule has 0 radical (unpaired) electrons. The van der Waals surface area contributed by atoms with E-state index in [1.54, 1.807) is 0 Å². The number of anilines is 1. The summed E-state index contributed by atoms with van der Waals surface area (Å²) in [6, 6.07) is 16.8. The number of benzene rings is 2. The van der Waals surface area contributed by atoms with Crippen LogP contribution in [0.4, 0.5) is 5.69 Å². The highest BCUT2D eigenvalue weighted by molar-refractivity contribution is 5.67. The molecule has 2 N–H and O–H groups in total. The van der Waals surface area contributed by atoms with E-state index in [2.05, 4.69) is 35.2 Å². The zero-order valence-electron chi connectivity index (χ0n) is 12.5.